The molecule has 0 saturated heterocycles. The number of nitrogens with one attached hydrogen (secondary N) is 2. The summed E-state index contributed by atoms with van der Waals surface area (Å²) in [6.07, 6.45) is 5.39. The predicted octanol–water partition coefficient (Wildman–Crippen LogP) is 3.37. The number of aliphatic hydroxyl groups excluding tert-OH is 1. The molecule has 0 saturated carbocycles. The molecular formula is C24H25N7O2. The van der Waals surface area contributed by atoms with Gasteiger partial charge in [-0.25, -0.2) is 15.0 Å². The van der Waals surface area contributed by atoms with Gasteiger partial charge in [0, 0.05) is 54.3 Å². The first kappa shape index (κ1) is 20.9. The number of aromatic nitrogens is 5. The fourth-order valence-electron chi connectivity index (χ4n) is 3.94. The van der Waals surface area contributed by atoms with Crippen LogP contribution in [0, 0.1) is 0 Å². The van der Waals surface area contributed by atoms with E-state index in [0.717, 1.165) is 39.6 Å². The molecule has 0 spiro atoms. The lowest BCUT2D eigenvalue weighted by Gasteiger charge is -2.20. The minimum Gasteiger partial charge on any atom is -0.495 e. The van der Waals surface area contributed by atoms with Gasteiger partial charge in [0.25, 0.3) is 0 Å². The number of pyridine rings is 1. The van der Waals surface area contributed by atoms with Crippen molar-refractivity contribution in [3.05, 3.63) is 60.6 Å². The summed E-state index contributed by atoms with van der Waals surface area (Å²) in [5.41, 5.74) is 4.79. The Kier molecular flexibility index (Phi) is 5.18. The van der Waals surface area contributed by atoms with Crippen LogP contribution >= 0.6 is 0 Å². The van der Waals surface area contributed by atoms with E-state index in [-0.39, 0.29) is 12.0 Å². The number of rotatable bonds is 6. The molecule has 4 aromatic rings. The zero-order valence-electron chi connectivity index (χ0n) is 18.7. The van der Waals surface area contributed by atoms with Crippen LogP contribution in [-0.2, 0) is 12.5 Å². The number of anilines is 3. The Bertz CT molecular complexity index is 1320. The maximum atomic E-state index is 9.86. The van der Waals surface area contributed by atoms with Crippen LogP contribution < -0.4 is 15.4 Å². The predicted molar refractivity (Wildman–Crippen MR) is 127 cm³/mol. The van der Waals surface area contributed by atoms with Gasteiger partial charge < -0.3 is 20.5 Å². The molecule has 9 heteroatoms. The number of hydrogen-bond donors (Lipinski definition) is 3. The Morgan fingerprint density at radius 3 is 2.79 bits per heavy atom. The SMILES string of the molecule is COc1cc(-c2ccn(C)n2)ccc1Nc1nccc(-c2cnc3c(c2)C(C)(CO)CN3)n1. The molecule has 0 aliphatic carbocycles. The molecule has 0 amide bonds. The first-order chi connectivity index (χ1) is 16.0. The topological polar surface area (TPSA) is 110 Å². The molecule has 3 aromatic heterocycles. The fraction of sp³-hybridized carbons (Fsp3) is 0.250. The molecule has 1 aliphatic heterocycles. The van der Waals surface area contributed by atoms with Gasteiger partial charge in [-0.05, 0) is 30.3 Å². The van der Waals surface area contributed by atoms with Gasteiger partial charge in [-0.15, -0.1) is 0 Å². The second-order valence-corrected chi connectivity index (χ2v) is 8.37. The summed E-state index contributed by atoms with van der Waals surface area (Å²) < 4.78 is 7.36. The monoisotopic (exact) mass is 443 g/mol. The number of benzene rings is 1. The van der Waals surface area contributed by atoms with Crippen LogP contribution in [-0.4, -0.2) is 50.1 Å². The van der Waals surface area contributed by atoms with E-state index in [1.54, 1.807) is 24.2 Å². The summed E-state index contributed by atoms with van der Waals surface area (Å²) in [5.74, 6) is 1.91. The highest BCUT2D eigenvalue weighted by molar-refractivity contribution is 5.72. The van der Waals surface area contributed by atoms with Crippen LogP contribution in [0.4, 0.5) is 17.5 Å². The molecule has 3 N–H and O–H groups in total. The third kappa shape index (κ3) is 3.87. The van der Waals surface area contributed by atoms with E-state index in [4.69, 9.17) is 4.74 Å². The van der Waals surface area contributed by atoms with Crippen LogP contribution in [0.2, 0.25) is 0 Å². The van der Waals surface area contributed by atoms with Gasteiger partial charge in [0.1, 0.15) is 11.6 Å². The third-order valence-electron chi connectivity index (χ3n) is 5.94. The van der Waals surface area contributed by atoms with E-state index in [1.807, 2.05) is 56.6 Å². The van der Waals surface area contributed by atoms with Gasteiger partial charge in [-0.2, -0.15) is 5.10 Å². The molecule has 1 aromatic carbocycles. The Hall–Kier alpha value is -3.98. The summed E-state index contributed by atoms with van der Waals surface area (Å²) in [5, 5.41) is 20.8. The molecule has 4 heterocycles. The molecule has 9 nitrogen and oxygen atoms in total. The molecule has 1 aliphatic rings. The molecule has 1 atom stereocenters. The minimum absolute atomic E-state index is 0.0446. The maximum absolute atomic E-state index is 9.86. The highest BCUT2D eigenvalue weighted by Gasteiger charge is 2.35. The molecule has 5 rings (SSSR count). The Morgan fingerprint density at radius 2 is 2.03 bits per heavy atom. The number of fused-ring (bicyclic) bond motifs is 1. The average molecular weight is 444 g/mol. The average Bonchev–Trinajstić information content (AvgIpc) is 3.43. The zero-order valence-corrected chi connectivity index (χ0v) is 18.7. The first-order valence-electron chi connectivity index (χ1n) is 10.6. The Labute approximate surface area is 191 Å². The fourth-order valence-corrected chi connectivity index (χ4v) is 3.94. The molecule has 0 fully saturated rings. The van der Waals surface area contributed by atoms with Crippen molar-refractivity contribution < 1.29 is 9.84 Å². The second-order valence-electron chi connectivity index (χ2n) is 8.37. The van der Waals surface area contributed by atoms with Crippen molar-refractivity contribution in [1.29, 1.82) is 0 Å². The summed E-state index contributed by atoms with van der Waals surface area (Å²) >= 11 is 0. The summed E-state index contributed by atoms with van der Waals surface area (Å²) in [6, 6.07) is 11.7. The van der Waals surface area contributed by atoms with E-state index in [9.17, 15) is 5.11 Å². The van der Waals surface area contributed by atoms with Crippen LogP contribution in [0.15, 0.2) is 55.0 Å². The van der Waals surface area contributed by atoms with Crippen molar-refractivity contribution in [3.8, 4) is 28.3 Å². The van der Waals surface area contributed by atoms with E-state index in [1.165, 1.54) is 0 Å². The first-order valence-corrected chi connectivity index (χ1v) is 10.6. The normalized spacial score (nSPS) is 16.8. The lowest BCUT2D eigenvalue weighted by molar-refractivity contribution is 0.218. The summed E-state index contributed by atoms with van der Waals surface area (Å²) in [6.45, 7) is 2.72. The zero-order chi connectivity index (χ0) is 23.0. The smallest absolute Gasteiger partial charge is 0.227 e. The van der Waals surface area contributed by atoms with Gasteiger partial charge in [0.2, 0.25) is 5.95 Å². The van der Waals surface area contributed by atoms with Crippen LogP contribution in [0.5, 0.6) is 5.75 Å². The van der Waals surface area contributed by atoms with Crippen LogP contribution in [0.25, 0.3) is 22.5 Å². The van der Waals surface area contributed by atoms with Gasteiger partial charge >= 0.3 is 0 Å². The van der Waals surface area contributed by atoms with Crippen molar-refractivity contribution in [1.82, 2.24) is 24.7 Å². The molecule has 0 radical (unpaired) electrons. The van der Waals surface area contributed by atoms with Crippen molar-refractivity contribution >= 4 is 17.5 Å². The van der Waals surface area contributed by atoms with E-state index in [0.29, 0.717) is 18.2 Å². The highest BCUT2D eigenvalue weighted by atomic mass is 16.5. The van der Waals surface area contributed by atoms with Crippen molar-refractivity contribution in [2.24, 2.45) is 7.05 Å². The second kappa shape index (κ2) is 8.18. The third-order valence-corrected chi connectivity index (χ3v) is 5.94. The van der Waals surface area contributed by atoms with E-state index < -0.39 is 0 Å². The highest BCUT2D eigenvalue weighted by Crippen LogP contribution is 2.37. The number of hydrogen-bond acceptors (Lipinski definition) is 8. The van der Waals surface area contributed by atoms with Crippen LogP contribution in [0.1, 0.15) is 12.5 Å². The van der Waals surface area contributed by atoms with E-state index in [2.05, 4.69) is 30.7 Å². The standard InChI is InChI=1S/C24H25N7O2/c1-24(14-32)13-27-22-17(24)10-16(12-26-22)18-6-8-25-23(28-18)29-20-5-4-15(11-21(20)33-3)19-7-9-31(2)30-19/h4-12,32H,13-14H2,1-3H3,(H,26,27)(H,25,28,29). The molecular weight excluding hydrogens is 418 g/mol. The maximum Gasteiger partial charge on any atom is 0.227 e. The van der Waals surface area contributed by atoms with Crippen LogP contribution in [0.3, 0.4) is 0 Å². The van der Waals surface area contributed by atoms with Crippen molar-refractivity contribution in [2.75, 3.05) is 30.9 Å². The van der Waals surface area contributed by atoms with Crippen molar-refractivity contribution in [2.45, 2.75) is 12.3 Å². The Morgan fingerprint density at radius 1 is 1.15 bits per heavy atom. The van der Waals surface area contributed by atoms with E-state index >= 15 is 0 Å². The lowest BCUT2D eigenvalue weighted by atomic mass is 9.85. The number of nitrogens with zero attached hydrogens (tertiary/aromatic N) is 5. The Balaban J connectivity index is 1.43. The van der Waals surface area contributed by atoms with Gasteiger partial charge in [-0.1, -0.05) is 13.0 Å². The molecule has 0 bridgehead atoms. The number of aliphatic hydroxyl groups is 1. The van der Waals surface area contributed by atoms with Gasteiger partial charge in [-0.3, -0.25) is 4.68 Å². The quantitative estimate of drug-likeness (QED) is 0.416. The van der Waals surface area contributed by atoms with Gasteiger partial charge in [0.05, 0.1) is 30.8 Å². The largest absolute Gasteiger partial charge is 0.495 e. The molecule has 168 valence electrons. The number of ether oxygens (including phenoxy) is 1. The van der Waals surface area contributed by atoms with Crippen molar-refractivity contribution in [3.63, 3.8) is 0 Å². The summed E-state index contributed by atoms with van der Waals surface area (Å²) in [7, 11) is 3.51. The lowest BCUT2D eigenvalue weighted by Crippen LogP contribution is -2.28. The van der Waals surface area contributed by atoms with Gasteiger partial charge in [0.15, 0.2) is 0 Å². The molecule has 33 heavy (non-hydrogen) atoms. The minimum atomic E-state index is -0.366. The molecule has 1 unspecified atom stereocenters. The summed E-state index contributed by atoms with van der Waals surface area (Å²) in [4.78, 5) is 13.6. The number of methoxy groups -OCH3 is 1. The number of aryl methyl sites for hydroxylation is 1.